The van der Waals surface area contributed by atoms with Crippen LogP contribution in [0.3, 0.4) is 0 Å². The number of urea groups is 1. The van der Waals surface area contributed by atoms with E-state index < -0.39 is 0 Å². The summed E-state index contributed by atoms with van der Waals surface area (Å²) in [6.07, 6.45) is 0.661. The summed E-state index contributed by atoms with van der Waals surface area (Å²) in [7, 11) is 0. The lowest BCUT2D eigenvalue weighted by atomic mass is 10.1. The third kappa shape index (κ3) is 5.88. The van der Waals surface area contributed by atoms with Gasteiger partial charge >= 0.3 is 6.03 Å². The van der Waals surface area contributed by atoms with Gasteiger partial charge in [-0.25, -0.2) is 9.78 Å². The van der Waals surface area contributed by atoms with Crippen LogP contribution in [0.25, 0.3) is 0 Å². The summed E-state index contributed by atoms with van der Waals surface area (Å²) in [5, 5.41) is 5.84. The normalized spacial score (nSPS) is 15.7. The third-order valence-electron chi connectivity index (χ3n) is 6.02. The molecule has 1 atom stereocenters. The largest absolute Gasteiger partial charge is 0.457 e. The summed E-state index contributed by atoms with van der Waals surface area (Å²) in [5.41, 5.74) is 3.14. The minimum Gasteiger partial charge on any atom is -0.457 e. The second kappa shape index (κ2) is 11.0. The highest BCUT2D eigenvalue weighted by Crippen LogP contribution is 2.29. The zero-order valence-corrected chi connectivity index (χ0v) is 23.2. The number of hydrogen-bond donors (Lipinski definition) is 1. The van der Waals surface area contributed by atoms with Gasteiger partial charge in [0.05, 0.1) is 9.47 Å². The van der Waals surface area contributed by atoms with Crippen molar-refractivity contribution < 1.29 is 9.53 Å². The molecule has 5 rings (SSSR count). The molecular weight excluding hydrogens is 558 g/mol. The monoisotopic (exact) mass is 583 g/mol. The van der Waals surface area contributed by atoms with Gasteiger partial charge in [0, 0.05) is 43.6 Å². The van der Waals surface area contributed by atoms with E-state index in [0.29, 0.717) is 13.0 Å². The second-order valence-electron chi connectivity index (χ2n) is 8.76. The Bertz CT molecular complexity index is 1320. The Labute approximate surface area is 227 Å². The zero-order chi connectivity index (χ0) is 25.1. The lowest BCUT2D eigenvalue weighted by Crippen LogP contribution is -2.55. The Morgan fingerprint density at radius 3 is 2.50 bits per heavy atom. The van der Waals surface area contributed by atoms with E-state index in [1.54, 1.807) is 11.3 Å². The predicted molar refractivity (Wildman–Crippen MR) is 150 cm³/mol. The van der Waals surface area contributed by atoms with Crippen LogP contribution in [0, 0.1) is 6.92 Å². The molecule has 10 heteroatoms. The fourth-order valence-corrected chi connectivity index (χ4v) is 5.89. The Morgan fingerprint density at radius 1 is 1.11 bits per heavy atom. The van der Waals surface area contributed by atoms with Gasteiger partial charge in [-0.05, 0) is 71.1 Å². The van der Waals surface area contributed by atoms with Crippen LogP contribution >= 0.6 is 38.8 Å². The Kier molecular flexibility index (Phi) is 7.54. The van der Waals surface area contributed by atoms with Crippen molar-refractivity contribution in [3.8, 4) is 11.5 Å². The molecule has 1 aliphatic heterocycles. The van der Waals surface area contributed by atoms with Crippen LogP contribution < -0.4 is 15.0 Å². The first-order chi connectivity index (χ1) is 17.4. The molecule has 186 valence electrons. The number of nitrogens with zero attached hydrogens (tertiary/aromatic N) is 4. The van der Waals surface area contributed by atoms with Crippen molar-refractivity contribution in [1.29, 1.82) is 0 Å². The Hall–Kier alpha value is -2.95. The highest BCUT2D eigenvalue weighted by molar-refractivity contribution is 9.11. The van der Waals surface area contributed by atoms with E-state index in [1.807, 2.05) is 52.7 Å². The average molecular weight is 585 g/mol. The number of amides is 2. The molecule has 2 amide bonds. The maximum Gasteiger partial charge on any atom is 0.322 e. The summed E-state index contributed by atoms with van der Waals surface area (Å²) in [4.78, 5) is 21.6. The molecule has 0 aliphatic carbocycles. The second-order valence-corrected chi connectivity index (χ2v) is 11.7. The van der Waals surface area contributed by atoms with Crippen molar-refractivity contribution >= 4 is 55.6 Å². The maximum atomic E-state index is 12.8. The van der Waals surface area contributed by atoms with E-state index in [4.69, 9.17) is 9.72 Å². The highest BCUT2D eigenvalue weighted by atomic mass is 79.9. The number of carbonyl (C=O) groups excluding carboxylic acids is 1. The minimum absolute atomic E-state index is 0.0598. The first kappa shape index (κ1) is 24.7. The molecule has 0 bridgehead atoms. The van der Waals surface area contributed by atoms with Crippen LogP contribution in [0.1, 0.15) is 23.9 Å². The first-order valence-corrected chi connectivity index (χ1v) is 14.1. The number of aryl methyl sites for hydroxylation is 1. The quantitative estimate of drug-likeness (QED) is 0.270. The van der Waals surface area contributed by atoms with Crippen LogP contribution in [0.2, 0.25) is 0 Å². The molecule has 0 radical (unpaired) electrons. The number of nitrogens with one attached hydrogen (secondary N) is 1. The van der Waals surface area contributed by atoms with E-state index in [-0.39, 0.29) is 12.1 Å². The van der Waals surface area contributed by atoms with Crippen molar-refractivity contribution in [3.05, 3.63) is 80.7 Å². The number of piperazine rings is 1. The number of hydrogen-bond acceptors (Lipinski definition) is 7. The van der Waals surface area contributed by atoms with Crippen LogP contribution in [0.15, 0.2) is 63.8 Å². The first-order valence-electron chi connectivity index (χ1n) is 11.7. The van der Waals surface area contributed by atoms with Gasteiger partial charge in [-0.15, -0.1) is 11.3 Å². The summed E-state index contributed by atoms with van der Waals surface area (Å²) in [6, 6.07) is 18.0. The van der Waals surface area contributed by atoms with Gasteiger partial charge in [0.1, 0.15) is 17.3 Å². The number of halogens is 1. The molecule has 1 fully saturated rings. The van der Waals surface area contributed by atoms with Gasteiger partial charge in [0.15, 0.2) is 0 Å². The fraction of sp³-hybridized carbons (Fsp3) is 0.269. The van der Waals surface area contributed by atoms with Crippen LogP contribution in [-0.2, 0) is 6.42 Å². The summed E-state index contributed by atoms with van der Waals surface area (Å²) < 4.78 is 11.4. The Balaban J connectivity index is 1.15. The van der Waals surface area contributed by atoms with Gasteiger partial charge < -0.3 is 19.9 Å². The van der Waals surface area contributed by atoms with Gasteiger partial charge in [-0.2, -0.15) is 4.37 Å². The molecule has 3 heterocycles. The number of ether oxygens (including phenoxy) is 1. The standard InChI is InChI=1S/C26H26BrN5O2S2/c1-17-3-7-20(8-4-17)34-21-9-5-19(6-10-21)15-23-29-26(36-30-23)31-12-13-32(18(2)16-31)25(33)28-22-11-14-35-24(22)27/h3-11,14,18H,12-13,15-16H2,1-2H3,(H,28,33). The molecule has 7 nitrogen and oxygen atoms in total. The van der Waals surface area contributed by atoms with Crippen LogP contribution in [0.4, 0.5) is 15.6 Å². The molecule has 4 aromatic rings. The molecule has 2 aromatic carbocycles. The number of anilines is 2. The van der Waals surface area contributed by atoms with E-state index in [0.717, 1.165) is 50.6 Å². The summed E-state index contributed by atoms with van der Waals surface area (Å²) in [5.74, 6) is 2.43. The number of thiophene rings is 1. The smallest absolute Gasteiger partial charge is 0.322 e. The Morgan fingerprint density at radius 2 is 1.83 bits per heavy atom. The SMILES string of the molecule is Cc1ccc(Oc2ccc(Cc3nsc(N4CCN(C(=O)Nc5ccsc5Br)C(C)C4)n3)cc2)cc1. The van der Waals surface area contributed by atoms with Crippen molar-refractivity contribution in [2.24, 2.45) is 0 Å². The fourth-order valence-electron chi connectivity index (χ4n) is 4.05. The predicted octanol–water partition coefficient (Wildman–Crippen LogP) is 6.80. The lowest BCUT2D eigenvalue weighted by Gasteiger charge is -2.39. The molecule has 0 saturated carbocycles. The highest BCUT2D eigenvalue weighted by Gasteiger charge is 2.29. The van der Waals surface area contributed by atoms with Crippen molar-refractivity contribution in [3.63, 3.8) is 0 Å². The molecule has 1 aliphatic rings. The molecule has 2 aromatic heterocycles. The molecule has 1 N–H and O–H groups in total. The summed E-state index contributed by atoms with van der Waals surface area (Å²) in [6.45, 7) is 6.20. The van der Waals surface area contributed by atoms with E-state index >= 15 is 0 Å². The molecule has 0 spiro atoms. The number of rotatable bonds is 6. The van der Waals surface area contributed by atoms with E-state index in [1.165, 1.54) is 17.1 Å². The van der Waals surface area contributed by atoms with Crippen molar-refractivity contribution in [2.45, 2.75) is 26.3 Å². The average Bonchev–Trinajstić information content (AvgIpc) is 3.50. The zero-order valence-electron chi connectivity index (χ0n) is 20.0. The van der Waals surface area contributed by atoms with Gasteiger partial charge in [-0.3, -0.25) is 0 Å². The molecular formula is C26H26BrN5O2S2. The third-order valence-corrected chi connectivity index (χ3v) is 8.52. The van der Waals surface area contributed by atoms with Gasteiger partial charge in [0.2, 0.25) is 5.13 Å². The van der Waals surface area contributed by atoms with Gasteiger partial charge in [-0.1, -0.05) is 29.8 Å². The van der Waals surface area contributed by atoms with Crippen LogP contribution in [-0.4, -0.2) is 46.0 Å². The topological polar surface area (TPSA) is 70.6 Å². The minimum atomic E-state index is -0.0750. The van der Waals surface area contributed by atoms with Crippen molar-refractivity contribution in [2.75, 3.05) is 29.9 Å². The van der Waals surface area contributed by atoms with Gasteiger partial charge in [0.25, 0.3) is 0 Å². The summed E-state index contributed by atoms with van der Waals surface area (Å²) >= 11 is 6.44. The lowest BCUT2D eigenvalue weighted by molar-refractivity contribution is 0.185. The van der Waals surface area contributed by atoms with Crippen molar-refractivity contribution in [1.82, 2.24) is 14.3 Å². The molecule has 1 unspecified atom stereocenters. The molecule has 1 saturated heterocycles. The number of aromatic nitrogens is 2. The maximum absolute atomic E-state index is 12.8. The molecule has 36 heavy (non-hydrogen) atoms. The number of benzene rings is 2. The van der Waals surface area contributed by atoms with E-state index in [2.05, 4.69) is 56.5 Å². The van der Waals surface area contributed by atoms with E-state index in [9.17, 15) is 4.79 Å². The van der Waals surface area contributed by atoms with Crippen LogP contribution in [0.5, 0.6) is 11.5 Å². The number of carbonyl (C=O) groups is 1.